The first-order chi connectivity index (χ1) is 13.6. The molecule has 1 heterocycles. The molecular weight excluding hydrogens is 389 g/mol. The van der Waals surface area contributed by atoms with E-state index in [0.29, 0.717) is 17.0 Å². The lowest BCUT2D eigenvalue weighted by Crippen LogP contribution is -2.11. The van der Waals surface area contributed by atoms with E-state index in [-0.39, 0.29) is 11.8 Å². The molecule has 0 bridgehead atoms. The number of halogens is 1. The highest BCUT2D eigenvalue weighted by atomic mass is 35.5. The van der Waals surface area contributed by atoms with Gasteiger partial charge in [0.05, 0.1) is 11.6 Å². The number of aromatic nitrogens is 2. The van der Waals surface area contributed by atoms with Crippen molar-refractivity contribution in [3.63, 3.8) is 0 Å². The lowest BCUT2D eigenvalue weighted by atomic mass is 10.0. The Balaban J connectivity index is 0.000000921. The Bertz CT molecular complexity index is 874. The summed E-state index contributed by atoms with van der Waals surface area (Å²) in [6, 6.07) is 11.3. The molecule has 0 aliphatic rings. The van der Waals surface area contributed by atoms with Gasteiger partial charge in [0.25, 0.3) is 0 Å². The summed E-state index contributed by atoms with van der Waals surface area (Å²) in [5, 5.41) is 15.0. The smallest absolute Gasteiger partial charge is 0.137 e. The Kier molecular flexibility index (Phi) is 10.8. The zero-order valence-electron chi connectivity index (χ0n) is 17.3. The molecule has 0 aliphatic carbocycles. The predicted octanol–water partition coefficient (Wildman–Crippen LogP) is 6.98. The predicted molar refractivity (Wildman–Crippen MR) is 125 cm³/mol. The van der Waals surface area contributed by atoms with E-state index < -0.39 is 0 Å². The number of phenols is 1. The summed E-state index contributed by atoms with van der Waals surface area (Å²) in [7, 11) is 2.67. The number of rotatable bonds is 5. The molecule has 4 nitrogen and oxygen atoms in total. The number of benzene rings is 2. The summed E-state index contributed by atoms with van der Waals surface area (Å²) in [5.41, 5.74) is 2.92. The number of nitrogens with zero attached hydrogens (tertiary/aromatic N) is 2. The lowest BCUT2D eigenvalue weighted by Gasteiger charge is -2.19. The van der Waals surface area contributed by atoms with Gasteiger partial charge in [0.2, 0.25) is 0 Å². The van der Waals surface area contributed by atoms with Crippen molar-refractivity contribution in [2.45, 2.75) is 53.2 Å². The maximum Gasteiger partial charge on any atom is 0.137 e. The van der Waals surface area contributed by atoms with E-state index in [2.05, 4.69) is 31.4 Å². The molecule has 6 heteroatoms. The molecule has 2 unspecified atom stereocenters. The van der Waals surface area contributed by atoms with E-state index in [1.54, 1.807) is 18.5 Å². The Labute approximate surface area is 176 Å². The van der Waals surface area contributed by atoms with Crippen LogP contribution < -0.4 is 5.32 Å². The van der Waals surface area contributed by atoms with Crippen molar-refractivity contribution in [2.24, 2.45) is 0 Å². The summed E-state index contributed by atoms with van der Waals surface area (Å²) in [6.07, 6.45) is 3.14. The molecule has 0 fully saturated rings. The quantitative estimate of drug-likeness (QED) is 0.438. The van der Waals surface area contributed by atoms with E-state index in [9.17, 15) is 5.11 Å². The fourth-order valence-electron chi connectivity index (χ4n) is 2.80. The number of hydrogen-bond acceptors (Lipinski definition) is 4. The number of aromatic hydroxyl groups is 1. The minimum atomic E-state index is 0.0728. The average molecular weight is 420 g/mol. The van der Waals surface area contributed by atoms with E-state index in [1.807, 2.05) is 52.0 Å². The SMILES string of the molecule is CC.CC.CCC(Nc1ncnc2c(CP)cc(O)cc12)c1cccc(Cl)c1. The van der Waals surface area contributed by atoms with E-state index in [0.717, 1.165) is 28.5 Å². The van der Waals surface area contributed by atoms with Gasteiger partial charge in [0.1, 0.15) is 17.9 Å². The summed E-state index contributed by atoms with van der Waals surface area (Å²) >= 11 is 6.12. The second kappa shape index (κ2) is 12.5. The highest BCUT2D eigenvalue weighted by molar-refractivity contribution is 7.15. The maximum absolute atomic E-state index is 10.0. The third-order valence-corrected chi connectivity index (χ3v) is 4.67. The van der Waals surface area contributed by atoms with Crippen LogP contribution in [0.3, 0.4) is 0 Å². The molecule has 2 N–H and O–H groups in total. The van der Waals surface area contributed by atoms with Crippen molar-refractivity contribution in [3.05, 3.63) is 58.9 Å². The molecule has 0 spiro atoms. The first-order valence-corrected chi connectivity index (χ1v) is 11.0. The second-order valence-electron chi connectivity index (χ2n) is 5.59. The Hall–Kier alpha value is -1.90. The fraction of sp³-hybridized carbons (Fsp3) is 0.364. The zero-order chi connectivity index (χ0) is 21.1. The van der Waals surface area contributed by atoms with Crippen molar-refractivity contribution in [1.82, 2.24) is 9.97 Å². The van der Waals surface area contributed by atoms with Crippen molar-refractivity contribution in [1.29, 1.82) is 0 Å². The van der Waals surface area contributed by atoms with Gasteiger partial charge in [-0.25, -0.2) is 9.97 Å². The molecule has 0 saturated carbocycles. The topological polar surface area (TPSA) is 58.0 Å². The van der Waals surface area contributed by atoms with Gasteiger partial charge in [-0.3, -0.25) is 0 Å². The Morgan fingerprint density at radius 3 is 2.43 bits per heavy atom. The van der Waals surface area contributed by atoms with E-state index in [1.165, 1.54) is 0 Å². The van der Waals surface area contributed by atoms with Gasteiger partial charge in [-0.05, 0) is 48.0 Å². The molecule has 0 saturated heterocycles. The third-order valence-electron chi connectivity index (χ3n) is 3.99. The van der Waals surface area contributed by atoms with Crippen molar-refractivity contribution < 1.29 is 5.11 Å². The molecule has 0 radical (unpaired) electrons. The third kappa shape index (κ3) is 6.05. The molecule has 2 aromatic carbocycles. The summed E-state index contributed by atoms with van der Waals surface area (Å²) in [6.45, 7) is 10.1. The second-order valence-corrected chi connectivity index (χ2v) is 6.43. The van der Waals surface area contributed by atoms with Gasteiger partial charge in [-0.2, -0.15) is 0 Å². The van der Waals surface area contributed by atoms with Gasteiger partial charge < -0.3 is 10.4 Å². The van der Waals surface area contributed by atoms with Crippen molar-refractivity contribution in [3.8, 4) is 5.75 Å². The van der Waals surface area contributed by atoms with Crippen LogP contribution >= 0.6 is 20.8 Å². The molecule has 28 heavy (non-hydrogen) atoms. The largest absolute Gasteiger partial charge is 0.508 e. The molecule has 1 aromatic heterocycles. The number of nitrogens with one attached hydrogen (secondary N) is 1. The molecule has 152 valence electrons. The standard InChI is InChI=1S/C18H19ClN3OP.2C2H6/c1-2-16(11-4-3-5-13(19)6-11)22-18-15-8-14(23)7-12(9-24)17(15)20-10-21-18;2*1-2/h3-8,10,16,23H,2,9,24H2,1H3,(H,20,21,22);2*1-2H3. The summed E-state index contributed by atoms with van der Waals surface area (Å²) in [5.74, 6) is 0.927. The number of fused-ring (bicyclic) bond motifs is 1. The minimum absolute atomic E-state index is 0.0728. The van der Waals surface area contributed by atoms with Gasteiger partial charge >= 0.3 is 0 Å². The maximum atomic E-state index is 10.0. The number of anilines is 1. The highest BCUT2D eigenvalue weighted by Crippen LogP contribution is 2.31. The van der Waals surface area contributed by atoms with E-state index in [4.69, 9.17) is 11.6 Å². The fourth-order valence-corrected chi connectivity index (χ4v) is 3.31. The van der Waals surface area contributed by atoms with Gasteiger partial charge in [-0.15, -0.1) is 9.24 Å². The first kappa shape index (κ1) is 24.1. The number of phenolic OH excluding ortho intramolecular Hbond substituents is 1. The van der Waals surface area contributed by atoms with Crippen molar-refractivity contribution >= 4 is 37.6 Å². The van der Waals surface area contributed by atoms with Crippen LogP contribution in [-0.4, -0.2) is 15.1 Å². The molecule has 0 amide bonds. The van der Waals surface area contributed by atoms with Crippen LogP contribution in [0.15, 0.2) is 42.7 Å². The van der Waals surface area contributed by atoms with Crippen LogP contribution in [0.5, 0.6) is 5.75 Å². The van der Waals surface area contributed by atoms with Crippen LogP contribution in [0, 0.1) is 0 Å². The summed E-state index contributed by atoms with van der Waals surface area (Å²) < 4.78 is 0. The van der Waals surface area contributed by atoms with Crippen LogP contribution in [0.25, 0.3) is 10.9 Å². The van der Waals surface area contributed by atoms with Gasteiger partial charge in [0.15, 0.2) is 0 Å². The molecule has 3 rings (SSSR count). The van der Waals surface area contributed by atoms with Gasteiger partial charge in [-0.1, -0.05) is 58.4 Å². The minimum Gasteiger partial charge on any atom is -0.508 e. The van der Waals surface area contributed by atoms with Gasteiger partial charge in [0, 0.05) is 10.4 Å². The first-order valence-electron chi connectivity index (χ1n) is 9.81. The van der Waals surface area contributed by atoms with Crippen molar-refractivity contribution in [2.75, 3.05) is 5.32 Å². The Morgan fingerprint density at radius 2 is 1.82 bits per heavy atom. The molecular formula is C22H31ClN3OP. The molecule has 0 aliphatic heterocycles. The highest BCUT2D eigenvalue weighted by Gasteiger charge is 2.14. The van der Waals surface area contributed by atoms with Crippen LogP contribution in [-0.2, 0) is 6.16 Å². The number of hydrogen-bond donors (Lipinski definition) is 2. The summed E-state index contributed by atoms with van der Waals surface area (Å²) in [4.78, 5) is 8.76. The monoisotopic (exact) mass is 419 g/mol. The van der Waals surface area contributed by atoms with Crippen LogP contribution in [0.4, 0.5) is 5.82 Å². The van der Waals surface area contributed by atoms with Crippen LogP contribution in [0.2, 0.25) is 5.02 Å². The van der Waals surface area contributed by atoms with Crippen LogP contribution in [0.1, 0.15) is 58.2 Å². The molecule has 3 aromatic rings. The average Bonchev–Trinajstić information content (AvgIpc) is 2.74. The normalized spacial score (nSPS) is 11.0. The zero-order valence-corrected chi connectivity index (χ0v) is 19.2. The molecule has 2 atom stereocenters. The lowest BCUT2D eigenvalue weighted by molar-refractivity contribution is 0.475. The Morgan fingerprint density at radius 1 is 1.11 bits per heavy atom. The van der Waals surface area contributed by atoms with E-state index >= 15 is 0 Å².